The molecule has 4 heteroatoms. The Morgan fingerprint density at radius 1 is 1.24 bits per heavy atom. The molecule has 0 saturated carbocycles. The molecule has 0 radical (unpaired) electrons. The van der Waals surface area contributed by atoms with Gasteiger partial charge in [-0.15, -0.1) is 0 Å². The number of nitrogens with one attached hydrogen (secondary N) is 1. The fourth-order valence-electron chi connectivity index (χ4n) is 1.68. The van der Waals surface area contributed by atoms with Crippen molar-refractivity contribution in [3.63, 3.8) is 0 Å². The van der Waals surface area contributed by atoms with Gasteiger partial charge in [0.15, 0.2) is 0 Å². The van der Waals surface area contributed by atoms with Gasteiger partial charge in [-0.2, -0.15) is 0 Å². The van der Waals surface area contributed by atoms with Crippen molar-refractivity contribution in [2.75, 3.05) is 32.9 Å². The van der Waals surface area contributed by atoms with Gasteiger partial charge in [0.1, 0.15) is 0 Å². The van der Waals surface area contributed by atoms with Crippen LogP contribution in [-0.2, 0) is 4.74 Å². The van der Waals surface area contributed by atoms with E-state index in [4.69, 9.17) is 9.84 Å². The summed E-state index contributed by atoms with van der Waals surface area (Å²) >= 11 is 0. The first kappa shape index (κ1) is 16.8. The van der Waals surface area contributed by atoms with E-state index in [-0.39, 0.29) is 6.61 Å². The number of rotatable bonds is 12. The van der Waals surface area contributed by atoms with Gasteiger partial charge in [-0.1, -0.05) is 33.1 Å². The summed E-state index contributed by atoms with van der Waals surface area (Å²) in [6.45, 7) is 6.60. The number of hydrogen-bond donors (Lipinski definition) is 3. The van der Waals surface area contributed by atoms with Crippen LogP contribution >= 0.6 is 0 Å². The highest BCUT2D eigenvalue weighted by Crippen LogP contribution is 2.12. The lowest BCUT2D eigenvalue weighted by Gasteiger charge is -2.17. The zero-order valence-corrected chi connectivity index (χ0v) is 11.3. The van der Waals surface area contributed by atoms with E-state index < -0.39 is 6.10 Å². The zero-order valence-electron chi connectivity index (χ0n) is 11.3. The molecular weight excluding hydrogens is 218 g/mol. The quantitative estimate of drug-likeness (QED) is 0.453. The van der Waals surface area contributed by atoms with Gasteiger partial charge >= 0.3 is 0 Å². The highest BCUT2D eigenvalue weighted by atomic mass is 16.5. The molecule has 0 rings (SSSR count). The number of hydrogen-bond acceptors (Lipinski definition) is 4. The Labute approximate surface area is 105 Å². The summed E-state index contributed by atoms with van der Waals surface area (Å²) in [5, 5.41) is 21.1. The maximum absolute atomic E-state index is 9.57. The van der Waals surface area contributed by atoms with Crippen LogP contribution in [0.4, 0.5) is 0 Å². The van der Waals surface area contributed by atoms with Gasteiger partial charge in [0.25, 0.3) is 0 Å². The van der Waals surface area contributed by atoms with Gasteiger partial charge in [-0.3, -0.25) is 0 Å². The van der Waals surface area contributed by atoms with E-state index in [9.17, 15) is 5.11 Å². The predicted molar refractivity (Wildman–Crippen MR) is 70.1 cm³/mol. The third-order valence-corrected chi connectivity index (χ3v) is 2.88. The molecular formula is C13H29NO3. The zero-order chi connectivity index (χ0) is 12.9. The van der Waals surface area contributed by atoms with Crippen LogP contribution in [-0.4, -0.2) is 49.2 Å². The molecule has 0 amide bonds. The summed E-state index contributed by atoms with van der Waals surface area (Å²) in [6, 6.07) is 0. The molecule has 0 fully saturated rings. The summed E-state index contributed by atoms with van der Waals surface area (Å²) in [4.78, 5) is 0. The summed E-state index contributed by atoms with van der Waals surface area (Å²) in [6.07, 6.45) is 4.35. The molecule has 4 nitrogen and oxygen atoms in total. The first-order valence-corrected chi connectivity index (χ1v) is 6.81. The molecule has 3 N–H and O–H groups in total. The minimum Gasteiger partial charge on any atom is -0.395 e. The summed E-state index contributed by atoms with van der Waals surface area (Å²) in [5.41, 5.74) is 0. The monoisotopic (exact) mass is 247 g/mol. The van der Waals surface area contributed by atoms with Crippen LogP contribution in [0.25, 0.3) is 0 Å². The number of ether oxygens (including phenoxy) is 1. The Hall–Kier alpha value is -0.160. The summed E-state index contributed by atoms with van der Waals surface area (Å²) in [5.74, 6) is 0.618. The van der Waals surface area contributed by atoms with Crippen LogP contribution in [0.15, 0.2) is 0 Å². The SMILES string of the molecule is CCCCC(CC)COCC(O)CNCCO. The Morgan fingerprint density at radius 3 is 2.59 bits per heavy atom. The van der Waals surface area contributed by atoms with E-state index >= 15 is 0 Å². The maximum Gasteiger partial charge on any atom is 0.0897 e. The van der Waals surface area contributed by atoms with Gasteiger partial charge in [0.2, 0.25) is 0 Å². The minimum atomic E-state index is -0.481. The van der Waals surface area contributed by atoms with Gasteiger partial charge in [-0.25, -0.2) is 0 Å². The lowest BCUT2D eigenvalue weighted by Crippen LogP contribution is -2.32. The molecule has 0 heterocycles. The topological polar surface area (TPSA) is 61.7 Å². The second kappa shape index (κ2) is 12.3. The van der Waals surface area contributed by atoms with Gasteiger partial charge in [-0.05, 0) is 12.3 Å². The molecule has 0 spiro atoms. The van der Waals surface area contributed by atoms with E-state index in [1.807, 2.05) is 0 Å². The van der Waals surface area contributed by atoms with Crippen molar-refractivity contribution in [1.82, 2.24) is 5.32 Å². The highest BCUT2D eigenvalue weighted by Gasteiger charge is 2.08. The molecule has 0 saturated heterocycles. The highest BCUT2D eigenvalue weighted by molar-refractivity contribution is 4.60. The predicted octanol–water partition coefficient (Wildman–Crippen LogP) is 1.16. The Bertz CT molecular complexity index is 156. The Kier molecular flexibility index (Phi) is 12.2. The average Bonchev–Trinajstić information content (AvgIpc) is 2.34. The molecule has 2 atom stereocenters. The largest absolute Gasteiger partial charge is 0.395 e. The van der Waals surface area contributed by atoms with Crippen molar-refractivity contribution in [1.29, 1.82) is 0 Å². The fraction of sp³-hybridized carbons (Fsp3) is 1.00. The molecule has 0 aliphatic heterocycles. The van der Waals surface area contributed by atoms with Crippen LogP contribution < -0.4 is 5.32 Å². The first-order chi connectivity index (χ1) is 8.24. The number of unbranched alkanes of at least 4 members (excludes halogenated alkanes) is 1. The molecule has 0 aliphatic rings. The van der Waals surface area contributed by atoms with Crippen molar-refractivity contribution in [2.45, 2.75) is 45.6 Å². The summed E-state index contributed by atoms with van der Waals surface area (Å²) in [7, 11) is 0. The lowest BCUT2D eigenvalue weighted by atomic mass is 10.0. The van der Waals surface area contributed by atoms with Crippen molar-refractivity contribution in [3.05, 3.63) is 0 Å². The van der Waals surface area contributed by atoms with Crippen molar-refractivity contribution >= 4 is 0 Å². The van der Waals surface area contributed by atoms with Crippen LogP contribution in [0.3, 0.4) is 0 Å². The second-order valence-electron chi connectivity index (χ2n) is 4.54. The average molecular weight is 247 g/mol. The normalized spacial score (nSPS) is 14.8. The van der Waals surface area contributed by atoms with Crippen LogP contribution in [0, 0.1) is 5.92 Å². The molecule has 0 aliphatic carbocycles. The van der Waals surface area contributed by atoms with E-state index in [0.717, 1.165) is 13.0 Å². The maximum atomic E-state index is 9.57. The van der Waals surface area contributed by atoms with Crippen LogP contribution in [0.5, 0.6) is 0 Å². The van der Waals surface area contributed by atoms with Crippen LogP contribution in [0.1, 0.15) is 39.5 Å². The van der Waals surface area contributed by atoms with Crippen molar-refractivity contribution < 1.29 is 14.9 Å². The molecule has 0 aromatic rings. The summed E-state index contributed by atoms with van der Waals surface area (Å²) < 4.78 is 5.52. The first-order valence-electron chi connectivity index (χ1n) is 6.81. The Morgan fingerprint density at radius 2 is 2.00 bits per heavy atom. The number of aliphatic hydroxyl groups excluding tert-OH is 2. The van der Waals surface area contributed by atoms with E-state index in [1.165, 1.54) is 19.3 Å². The number of aliphatic hydroxyl groups is 2. The van der Waals surface area contributed by atoms with Gasteiger partial charge in [0.05, 0.1) is 19.3 Å². The second-order valence-corrected chi connectivity index (χ2v) is 4.54. The van der Waals surface area contributed by atoms with E-state index in [1.54, 1.807) is 0 Å². The molecule has 104 valence electrons. The molecule has 17 heavy (non-hydrogen) atoms. The van der Waals surface area contributed by atoms with E-state index in [2.05, 4.69) is 19.2 Å². The third kappa shape index (κ3) is 10.7. The van der Waals surface area contributed by atoms with Crippen molar-refractivity contribution in [2.24, 2.45) is 5.92 Å². The fourth-order valence-corrected chi connectivity index (χ4v) is 1.68. The molecule has 0 aromatic heterocycles. The molecule has 0 bridgehead atoms. The van der Waals surface area contributed by atoms with Crippen molar-refractivity contribution in [3.8, 4) is 0 Å². The van der Waals surface area contributed by atoms with Crippen LogP contribution in [0.2, 0.25) is 0 Å². The molecule has 0 aromatic carbocycles. The molecule has 2 unspecified atom stereocenters. The van der Waals surface area contributed by atoms with Gasteiger partial charge in [0, 0.05) is 19.7 Å². The van der Waals surface area contributed by atoms with E-state index in [0.29, 0.717) is 25.6 Å². The lowest BCUT2D eigenvalue weighted by molar-refractivity contribution is 0.0191. The third-order valence-electron chi connectivity index (χ3n) is 2.88. The smallest absolute Gasteiger partial charge is 0.0897 e. The standard InChI is InChI=1S/C13H29NO3/c1-3-5-6-12(4-2)10-17-11-13(16)9-14-7-8-15/h12-16H,3-11H2,1-2H3. The Balaban J connectivity index is 3.45. The van der Waals surface area contributed by atoms with Gasteiger partial charge < -0.3 is 20.3 Å². The minimum absolute atomic E-state index is 0.0997.